The van der Waals surface area contributed by atoms with Crippen LogP contribution in [-0.4, -0.2) is 25.6 Å². The van der Waals surface area contributed by atoms with E-state index in [1.54, 1.807) is 24.5 Å². The number of pyridine rings is 1. The number of rotatable bonds is 4. The van der Waals surface area contributed by atoms with E-state index in [2.05, 4.69) is 14.7 Å². The van der Waals surface area contributed by atoms with Crippen LogP contribution in [0.5, 0.6) is 0 Å². The van der Waals surface area contributed by atoms with Gasteiger partial charge in [-0.3, -0.25) is 9.78 Å². The molecule has 0 unspecified atom stereocenters. The molecule has 1 amide bonds. The zero-order valence-electron chi connectivity index (χ0n) is 14.9. The Hall–Kier alpha value is -1.56. The summed E-state index contributed by atoms with van der Waals surface area (Å²) in [6.07, 6.45) is 6.87. The van der Waals surface area contributed by atoms with Crippen LogP contribution in [0.2, 0.25) is 0 Å². The van der Waals surface area contributed by atoms with Crippen molar-refractivity contribution >= 4 is 28.3 Å². The summed E-state index contributed by atoms with van der Waals surface area (Å²) in [7, 11) is -1.21. The summed E-state index contributed by atoms with van der Waals surface area (Å²) < 4.78 is 16.2. The van der Waals surface area contributed by atoms with Crippen LogP contribution in [0.4, 0.5) is 5.69 Å². The number of hydrogen-bond acceptors (Lipinski definition) is 3. The minimum Gasteiger partial charge on any atom is -0.326 e. The maximum atomic E-state index is 12.3. The molecule has 6 heteroatoms. The smallest absolute Gasteiger partial charge is 0.227 e. The van der Waals surface area contributed by atoms with Gasteiger partial charge in [0.05, 0.1) is 4.75 Å². The molecule has 1 saturated carbocycles. The highest BCUT2D eigenvalue weighted by Gasteiger charge is 2.28. The lowest BCUT2D eigenvalue weighted by Crippen LogP contribution is -2.29. The Bertz CT molecular complexity index is 615. The molecule has 0 aromatic carbocycles. The summed E-state index contributed by atoms with van der Waals surface area (Å²) in [5, 5.41) is 2.95. The third kappa shape index (κ3) is 5.23. The summed E-state index contributed by atoms with van der Waals surface area (Å²) in [4.78, 5) is 16.3. The molecule has 5 nitrogen and oxygen atoms in total. The van der Waals surface area contributed by atoms with Gasteiger partial charge in [-0.1, -0.05) is 0 Å². The molecule has 1 aromatic rings. The van der Waals surface area contributed by atoms with E-state index in [0.717, 1.165) is 37.1 Å². The first-order valence-electron chi connectivity index (χ1n) is 8.45. The zero-order valence-corrected chi connectivity index (χ0v) is 15.7. The third-order valence-electron chi connectivity index (χ3n) is 4.39. The number of hydrogen-bond donors (Lipinski definition) is 1. The van der Waals surface area contributed by atoms with Crippen molar-refractivity contribution in [1.29, 1.82) is 0 Å². The highest BCUT2D eigenvalue weighted by atomic mass is 32.2. The normalized spacial score (nSPS) is 23.6. The molecule has 1 heterocycles. The van der Waals surface area contributed by atoms with Crippen LogP contribution in [0.25, 0.3) is 0 Å². The quantitative estimate of drug-likeness (QED) is 0.842. The maximum absolute atomic E-state index is 12.3. The van der Waals surface area contributed by atoms with Gasteiger partial charge >= 0.3 is 0 Å². The lowest BCUT2D eigenvalue weighted by Gasteiger charge is -2.28. The van der Waals surface area contributed by atoms with Crippen LogP contribution in [0.15, 0.2) is 28.9 Å². The van der Waals surface area contributed by atoms with Gasteiger partial charge in [0.15, 0.2) is 0 Å². The van der Waals surface area contributed by atoms with Crippen molar-refractivity contribution < 1.29 is 9.00 Å². The third-order valence-corrected chi connectivity index (χ3v) is 5.89. The van der Waals surface area contributed by atoms with Crippen LogP contribution in [0.3, 0.4) is 0 Å². The number of carbonyl (C=O) groups is 1. The van der Waals surface area contributed by atoms with E-state index in [1.807, 2.05) is 27.7 Å². The first-order chi connectivity index (χ1) is 11.3. The van der Waals surface area contributed by atoms with Crippen molar-refractivity contribution in [3.05, 3.63) is 24.5 Å². The van der Waals surface area contributed by atoms with Crippen molar-refractivity contribution in [2.75, 3.05) is 5.32 Å². The topological polar surface area (TPSA) is 71.4 Å². The van der Waals surface area contributed by atoms with E-state index < -0.39 is 11.0 Å². The second-order valence-corrected chi connectivity index (χ2v) is 9.27. The molecule has 0 spiro atoms. The molecule has 1 aliphatic rings. The Morgan fingerprint density at radius 2 is 1.71 bits per heavy atom. The van der Waals surface area contributed by atoms with Crippen molar-refractivity contribution in [3.8, 4) is 0 Å². The fourth-order valence-corrected chi connectivity index (χ4v) is 3.48. The Morgan fingerprint density at radius 1 is 1.17 bits per heavy atom. The van der Waals surface area contributed by atoms with Gasteiger partial charge in [-0.25, -0.2) is 4.21 Å². The predicted octanol–water partition coefficient (Wildman–Crippen LogP) is 3.75. The molecular weight excluding hydrogens is 322 g/mol. The standard InChI is InChI=1S/C18H27N3O2S/c1-13(21-24(23)18(2,3)4)14-5-7-15(8-6-14)17(22)20-16-9-11-19-12-10-16/h9-12,14-15H,5-8H2,1-4H3,(H,19,20,22)/t14?,15?,24-/m1/s1. The average Bonchev–Trinajstić information content (AvgIpc) is 2.55. The van der Waals surface area contributed by atoms with Gasteiger partial charge < -0.3 is 5.32 Å². The van der Waals surface area contributed by atoms with Crippen LogP contribution in [0.1, 0.15) is 53.4 Å². The molecule has 0 saturated heterocycles. The van der Waals surface area contributed by atoms with E-state index >= 15 is 0 Å². The Balaban J connectivity index is 1.88. The molecule has 132 valence electrons. The number of amides is 1. The van der Waals surface area contributed by atoms with Gasteiger partial charge in [-0.15, -0.1) is 0 Å². The molecule has 0 bridgehead atoms. The van der Waals surface area contributed by atoms with Crippen LogP contribution < -0.4 is 5.32 Å². The lowest BCUT2D eigenvalue weighted by molar-refractivity contribution is -0.120. The molecule has 24 heavy (non-hydrogen) atoms. The summed E-state index contributed by atoms with van der Waals surface area (Å²) in [6.45, 7) is 7.76. The zero-order chi connectivity index (χ0) is 17.7. The van der Waals surface area contributed by atoms with Crippen LogP contribution >= 0.6 is 0 Å². The average molecular weight is 350 g/mol. The molecule has 0 radical (unpaired) electrons. The second kappa shape index (κ2) is 8.01. The first kappa shape index (κ1) is 18.8. The Kier molecular flexibility index (Phi) is 6.27. The number of aromatic nitrogens is 1. The van der Waals surface area contributed by atoms with Gasteiger partial charge in [0.25, 0.3) is 0 Å². The molecule has 1 aromatic heterocycles. The van der Waals surface area contributed by atoms with Crippen molar-refractivity contribution in [3.63, 3.8) is 0 Å². The number of nitrogens with one attached hydrogen (secondary N) is 1. The minimum absolute atomic E-state index is 0.0373. The molecule has 0 aliphatic heterocycles. The van der Waals surface area contributed by atoms with Crippen molar-refractivity contribution in [2.24, 2.45) is 16.2 Å². The summed E-state index contributed by atoms with van der Waals surface area (Å²) in [5.74, 6) is 0.448. The van der Waals surface area contributed by atoms with Gasteiger partial charge in [0, 0.05) is 29.7 Å². The number of anilines is 1. The monoisotopic (exact) mass is 349 g/mol. The number of nitrogens with zero attached hydrogens (tertiary/aromatic N) is 2. The van der Waals surface area contributed by atoms with Crippen molar-refractivity contribution in [1.82, 2.24) is 4.98 Å². The van der Waals surface area contributed by atoms with E-state index in [9.17, 15) is 9.00 Å². The van der Waals surface area contributed by atoms with Gasteiger partial charge in [-0.05, 0) is 71.4 Å². The summed E-state index contributed by atoms with van der Waals surface area (Å²) >= 11 is 0. The van der Waals surface area contributed by atoms with E-state index in [4.69, 9.17) is 0 Å². The fraction of sp³-hybridized carbons (Fsp3) is 0.611. The first-order valence-corrected chi connectivity index (χ1v) is 9.56. The molecule has 1 aliphatic carbocycles. The van der Waals surface area contributed by atoms with E-state index in [-0.39, 0.29) is 16.6 Å². The summed E-state index contributed by atoms with van der Waals surface area (Å²) in [5.41, 5.74) is 1.74. The second-order valence-electron chi connectivity index (χ2n) is 7.37. The van der Waals surface area contributed by atoms with Crippen LogP contribution in [0, 0.1) is 11.8 Å². The molecule has 1 atom stereocenters. The van der Waals surface area contributed by atoms with Gasteiger partial charge in [-0.2, -0.15) is 4.40 Å². The van der Waals surface area contributed by atoms with Gasteiger partial charge in [0.2, 0.25) is 5.91 Å². The largest absolute Gasteiger partial charge is 0.326 e. The molecule has 1 fully saturated rings. The highest BCUT2D eigenvalue weighted by molar-refractivity contribution is 7.85. The van der Waals surface area contributed by atoms with Crippen molar-refractivity contribution in [2.45, 2.75) is 58.1 Å². The Morgan fingerprint density at radius 3 is 2.25 bits per heavy atom. The predicted molar refractivity (Wildman–Crippen MR) is 99.3 cm³/mol. The highest BCUT2D eigenvalue weighted by Crippen LogP contribution is 2.31. The minimum atomic E-state index is -1.21. The number of carbonyl (C=O) groups excluding carboxylic acids is 1. The van der Waals surface area contributed by atoms with E-state index in [1.165, 1.54) is 0 Å². The Labute approximate surface area is 147 Å². The SMILES string of the molecule is CC(=N[S@](=O)C(C)(C)C)C1CCC(C(=O)Nc2ccncc2)CC1. The summed E-state index contributed by atoms with van der Waals surface area (Å²) in [6, 6.07) is 3.59. The molecular formula is C18H27N3O2S. The maximum Gasteiger partial charge on any atom is 0.227 e. The van der Waals surface area contributed by atoms with Gasteiger partial charge in [0.1, 0.15) is 11.0 Å². The lowest BCUT2D eigenvalue weighted by atomic mass is 9.79. The van der Waals surface area contributed by atoms with Crippen LogP contribution in [-0.2, 0) is 15.8 Å². The van der Waals surface area contributed by atoms with E-state index in [0.29, 0.717) is 5.92 Å². The fourth-order valence-electron chi connectivity index (χ4n) is 2.80. The molecule has 1 N–H and O–H groups in total. The molecule has 2 rings (SSSR count).